The lowest BCUT2D eigenvalue weighted by atomic mass is 10.1. The highest BCUT2D eigenvalue weighted by molar-refractivity contribution is 5.80. The zero-order valence-electron chi connectivity index (χ0n) is 13.7. The number of carboxylic acid groups (broad SMARTS) is 1. The molecule has 1 saturated heterocycles. The van der Waals surface area contributed by atoms with Crippen LogP contribution >= 0.6 is 0 Å². The molecule has 1 atom stereocenters. The van der Waals surface area contributed by atoms with E-state index in [0.717, 1.165) is 19.6 Å². The summed E-state index contributed by atoms with van der Waals surface area (Å²) in [6.07, 6.45) is 3.72. The largest absolute Gasteiger partial charge is 0.480 e. The van der Waals surface area contributed by atoms with Crippen molar-refractivity contribution in [2.24, 2.45) is 0 Å². The quantitative estimate of drug-likeness (QED) is 0.811. The number of nitrogens with one attached hydrogen (secondary N) is 1. The molecule has 2 N–H and O–H groups in total. The van der Waals surface area contributed by atoms with E-state index >= 15 is 0 Å². The molecule has 0 bridgehead atoms. The van der Waals surface area contributed by atoms with Crippen molar-refractivity contribution in [3.63, 3.8) is 0 Å². The highest BCUT2D eigenvalue weighted by Crippen LogP contribution is 2.14. The maximum Gasteiger partial charge on any atom is 0.323 e. The van der Waals surface area contributed by atoms with Gasteiger partial charge in [-0.1, -0.05) is 6.42 Å². The van der Waals surface area contributed by atoms with E-state index in [-0.39, 0.29) is 18.6 Å². The summed E-state index contributed by atoms with van der Waals surface area (Å²) in [5.74, 6) is -0.997. The monoisotopic (exact) mass is 299 g/mol. The maximum absolute atomic E-state index is 12.3. The molecule has 6 heteroatoms. The molecule has 0 aliphatic carbocycles. The van der Waals surface area contributed by atoms with Crippen LogP contribution in [0.15, 0.2) is 0 Å². The van der Waals surface area contributed by atoms with E-state index in [9.17, 15) is 9.59 Å². The Morgan fingerprint density at radius 2 is 1.81 bits per heavy atom. The number of piperidine rings is 1. The normalized spacial score (nSPS) is 18.1. The molecule has 0 aromatic rings. The van der Waals surface area contributed by atoms with Crippen molar-refractivity contribution in [2.75, 3.05) is 26.2 Å². The first kappa shape index (κ1) is 17.8. The van der Waals surface area contributed by atoms with E-state index in [0.29, 0.717) is 0 Å². The third-order valence-electron chi connectivity index (χ3n) is 3.70. The van der Waals surface area contributed by atoms with E-state index in [1.165, 1.54) is 24.2 Å². The van der Waals surface area contributed by atoms with Gasteiger partial charge < -0.3 is 20.2 Å². The molecule has 1 fully saturated rings. The third-order valence-corrected chi connectivity index (χ3v) is 3.70. The minimum Gasteiger partial charge on any atom is -0.480 e. The molecule has 1 rings (SSSR count). The van der Waals surface area contributed by atoms with Crippen LogP contribution in [0.3, 0.4) is 0 Å². The van der Waals surface area contributed by atoms with Crippen molar-refractivity contribution in [2.45, 2.75) is 58.5 Å². The Balaban J connectivity index is 2.53. The lowest BCUT2D eigenvalue weighted by Crippen LogP contribution is -2.55. The molecule has 1 heterocycles. The molecular weight excluding hydrogens is 270 g/mol. The number of nitrogens with zero attached hydrogens (tertiary/aromatic N) is 2. The number of hydrogen-bond donors (Lipinski definition) is 2. The van der Waals surface area contributed by atoms with Gasteiger partial charge in [0.25, 0.3) is 0 Å². The summed E-state index contributed by atoms with van der Waals surface area (Å²) < 4.78 is 0. The summed E-state index contributed by atoms with van der Waals surface area (Å²) in [6, 6.07) is -0.302. The fraction of sp³-hybridized carbons (Fsp3) is 0.867. The number of urea groups is 1. The average Bonchev–Trinajstić information content (AvgIpc) is 2.35. The molecule has 6 nitrogen and oxygen atoms in total. The summed E-state index contributed by atoms with van der Waals surface area (Å²) in [6.45, 7) is 10.2. The van der Waals surface area contributed by atoms with Gasteiger partial charge in [0.2, 0.25) is 0 Å². The van der Waals surface area contributed by atoms with Gasteiger partial charge in [-0.05, 0) is 53.6 Å². The van der Waals surface area contributed by atoms with Gasteiger partial charge in [-0.3, -0.25) is 4.79 Å². The van der Waals surface area contributed by atoms with Crippen LogP contribution in [-0.4, -0.2) is 64.7 Å². The predicted octanol–water partition coefficient (Wildman–Crippen LogP) is 1.76. The molecule has 0 radical (unpaired) electrons. The van der Waals surface area contributed by atoms with Crippen LogP contribution in [0, 0.1) is 0 Å². The van der Waals surface area contributed by atoms with Crippen molar-refractivity contribution in [3.8, 4) is 0 Å². The fourth-order valence-electron chi connectivity index (χ4n) is 2.61. The van der Waals surface area contributed by atoms with Crippen LogP contribution in [-0.2, 0) is 4.79 Å². The van der Waals surface area contributed by atoms with Gasteiger partial charge >= 0.3 is 12.0 Å². The SMILES string of the molecule is CC(CN1CCCCC1)NC(=O)N(CC(=O)O)C(C)(C)C. The summed E-state index contributed by atoms with van der Waals surface area (Å²) >= 11 is 0. The van der Waals surface area contributed by atoms with E-state index in [1.807, 2.05) is 27.7 Å². The zero-order valence-corrected chi connectivity index (χ0v) is 13.7. The first-order valence-corrected chi connectivity index (χ1v) is 7.72. The van der Waals surface area contributed by atoms with Gasteiger partial charge in [-0.2, -0.15) is 0 Å². The molecule has 0 saturated carbocycles. The number of carbonyl (C=O) groups excluding carboxylic acids is 1. The topological polar surface area (TPSA) is 72.9 Å². The standard InChI is InChI=1S/C15H29N3O3/c1-12(10-17-8-6-5-7-9-17)16-14(21)18(11-13(19)20)15(2,3)4/h12H,5-11H2,1-4H3,(H,16,21)(H,19,20). The molecule has 1 aliphatic heterocycles. The molecule has 0 spiro atoms. The Kier molecular flexibility index (Phi) is 6.45. The molecule has 122 valence electrons. The Morgan fingerprint density at radius 1 is 1.24 bits per heavy atom. The van der Waals surface area contributed by atoms with Gasteiger partial charge in [0.15, 0.2) is 0 Å². The van der Waals surface area contributed by atoms with Crippen LogP contribution in [0.2, 0.25) is 0 Å². The molecule has 1 unspecified atom stereocenters. The lowest BCUT2D eigenvalue weighted by Gasteiger charge is -2.36. The second-order valence-electron chi connectivity index (χ2n) is 6.86. The first-order valence-electron chi connectivity index (χ1n) is 7.72. The lowest BCUT2D eigenvalue weighted by molar-refractivity contribution is -0.138. The average molecular weight is 299 g/mol. The van der Waals surface area contributed by atoms with Crippen LogP contribution in [0.4, 0.5) is 4.79 Å². The Morgan fingerprint density at radius 3 is 2.29 bits per heavy atom. The number of aliphatic carboxylic acids is 1. The van der Waals surface area contributed by atoms with Gasteiger partial charge in [0.1, 0.15) is 6.54 Å². The molecule has 21 heavy (non-hydrogen) atoms. The van der Waals surface area contributed by atoms with Gasteiger partial charge in [-0.15, -0.1) is 0 Å². The Hall–Kier alpha value is -1.30. The van der Waals surface area contributed by atoms with Crippen molar-refractivity contribution in [1.29, 1.82) is 0 Å². The van der Waals surface area contributed by atoms with Crippen molar-refractivity contribution < 1.29 is 14.7 Å². The van der Waals surface area contributed by atoms with Crippen LogP contribution < -0.4 is 5.32 Å². The summed E-state index contributed by atoms with van der Waals surface area (Å²) in [5.41, 5.74) is -0.521. The minimum atomic E-state index is -0.997. The minimum absolute atomic E-state index is 0.00856. The van der Waals surface area contributed by atoms with E-state index < -0.39 is 11.5 Å². The van der Waals surface area contributed by atoms with E-state index in [2.05, 4.69) is 10.2 Å². The van der Waals surface area contributed by atoms with E-state index in [1.54, 1.807) is 0 Å². The maximum atomic E-state index is 12.3. The predicted molar refractivity (Wildman–Crippen MR) is 82.4 cm³/mol. The number of hydrogen-bond acceptors (Lipinski definition) is 3. The number of carbonyl (C=O) groups is 2. The first-order chi connectivity index (χ1) is 9.70. The second-order valence-corrected chi connectivity index (χ2v) is 6.86. The van der Waals surface area contributed by atoms with Crippen molar-refractivity contribution >= 4 is 12.0 Å². The highest BCUT2D eigenvalue weighted by Gasteiger charge is 2.29. The smallest absolute Gasteiger partial charge is 0.323 e. The van der Waals surface area contributed by atoms with Crippen LogP contribution in [0.25, 0.3) is 0 Å². The van der Waals surface area contributed by atoms with Crippen molar-refractivity contribution in [1.82, 2.24) is 15.1 Å². The highest BCUT2D eigenvalue weighted by atomic mass is 16.4. The molecule has 2 amide bonds. The molecule has 0 aromatic heterocycles. The van der Waals surface area contributed by atoms with Gasteiger partial charge in [-0.25, -0.2) is 4.79 Å². The fourth-order valence-corrected chi connectivity index (χ4v) is 2.61. The number of amides is 2. The van der Waals surface area contributed by atoms with Crippen LogP contribution in [0.5, 0.6) is 0 Å². The number of rotatable bonds is 5. The third kappa shape index (κ3) is 6.33. The van der Waals surface area contributed by atoms with Gasteiger partial charge in [0.05, 0.1) is 0 Å². The Bertz CT molecular complexity index is 360. The second kappa shape index (κ2) is 7.64. The Labute approximate surface area is 127 Å². The van der Waals surface area contributed by atoms with E-state index in [4.69, 9.17) is 5.11 Å². The van der Waals surface area contributed by atoms with Crippen LogP contribution in [0.1, 0.15) is 47.0 Å². The zero-order chi connectivity index (χ0) is 16.0. The molecule has 0 aromatic carbocycles. The number of carboxylic acids is 1. The summed E-state index contributed by atoms with van der Waals surface area (Å²) in [4.78, 5) is 27.0. The van der Waals surface area contributed by atoms with Crippen molar-refractivity contribution in [3.05, 3.63) is 0 Å². The summed E-state index contributed by atoms with van der Waals surface area (Å²) in [5, 5.41) is 11.9. The molecule has 1 aliphatic rings. The number of likely N-dealkylation sites (tertiary alicyclic amines) is 1. The summed E-state index contributed by atoms with van der Waals surface area (Å²) in [7, 11) is 0. The molecular formula is C15H29N3O3. The van der Waals surface area contributed by atoms with Gasteiger partial charge in [0, 0.05) is 18.1 Å².